The quantitative estimate of drug-likeness (QED) is 0.0827. The molecule has 2 aliphatic heterocycles. The Kier molecular flexibility index (Phi) is 12.1. The number of oxime groups is 1. The van der Waals surface area contributed by atoms with E-state index < -0.39 is 17.7 Å². The van der Waals surface area contributed by atoms with Crippen LogP contribution in [0, 0.1) is 17.8 Å². The van der Waals surface area contributed by atoms with Crippen LogP contribution in [0.4, 0.5) is 4.79 Å². The number of phenols is 1. The Hall–Kier alpha value is -4.78. The summed E-state index contributed by atoms with van der Waals surface area (Å²) in [6, 6.07) is 19.1. The molecular formula is C43H53N3O9. The van der Waals surface area contributed by atoms with Crippen LogP contribution < -0.4 is 19.5 Å². The van der Waals surface area contributed by atoms with Gasteiger partial charge in [0.15, 0.2) is 11.5 Å². The molecule has 3 aromatic rings. The number of amides is 2. The van der Waals surface area contributed by atoms with Crippen molar-refractivity contribution in [2.24, 2.45) is 22.9 Å². The van der Waals surface area contributed by atoms with Gasteiger partial charge in [-0.3, -0.25) is 0 Å². The molecule has 1 fully saturated rings. The molecule has 55 heavy (non-hydrogen) atoms. The Labute approximate surface area is 322 Å². The first-order chi connectivity index (χ1) is 26.8. The van der Waals surface area contributed by atoms with Gasteiger partial charge in [0, 0.05) is 44.2 Å². The van der Waals surface area contributed by atoms with E-state index in [9.17, 15) is 25.2 Å². The number of urea groups is 1. The van der Waals surface area contributed by atoms with Crippen molar-refractivity contribution in [1.82, 2.24) is 10.2 Å². The summed E-state index contributed by atoms with van der Waals surface area (Å²) in [4.78, 5) is 22.1. The minimum Gasteiger partial charge on any atom is -0.508 e. The highest BCUT2D eigenvalue weighted by atomic mass is 16.7. The number of carbonyl (C=O) groups is 1. The lowest BCUT2D eigenvalue weighted by atomic mass is 9.55. The van der Waals surface area contributed by atoms with Gasteiger partial charge in [-0.1, -0.05) is 67.4 Å². The number of fused-ring (bicyclic) bond motifs is 3. The number of hydrogen-bond donors (Lipinski definition) is 5. The molecule has 0 saturated heterocycles. The van der Waals surface area contributed by atoms with E-state index in [1.807, 2.05) is 55.5 Å². The molecule has 2 amide bonds. The van der Waals surface area contributed by atoms with E-state index in [-0.39, 0.29) is 69.1 Å². The van der Waals surface area contributed by atoms with Crippen LogP contribution in [0.2, 0.25) is 0 Å². The van der Waals surface area contributed by atoms with Crippen molar-refractivity contribution in [2.45, 2.75) is 89.2 Å². The van der Waals surface area contributed by atoms with Crippen LogP contribution in [0.15, 0.2) is 83.5 Å². The van der Waals surface area contributed by atoms with E-state index in [4.69, 9.17) is 24.2 Å². The number of unbranched alkanes of at least 4 members (excludes halogenated alkanes) is 2. The number of rotatable bonds is 16. The highest BCUT2D eigenvalue weighted by Crippen LogP contribution is 2.60. The summed E-state index contributed by atoms with van der Waals surface area (Å²) in [5, 5.41) is 51.4. The number of carbonyl (C=O) groups excluding carboxylic acids is 1. The first-order valence-electron chi connectivity index (χ1n) is 19.7. The predicted octanol–water partition coefficient (Wildman–Crippen LogP) is 6.37. The lowest BCUT2D eigenvalue weighted by molar-refractivity contribution is -0.228. The molecule has 0 aromatic heterocycles. The van der Waals surface area contributed by atoms with E-state index in [0.717, 1.165) is 47.9 Å². The number of ether oxygens (including phenoxy) is 3. The van der Waals surface area contributed by atoms with Gasteiger partial charge in [0.2, 0.25) is 12.6 Å². The van der Waals surface area contributed by atoms with Crippen LogP contribution in [-0.4, -0.2) is 75.4 Å². The summed E-state index contributed by atoms with van der Waals surface area (Å²) in [5.74, 6) is -0.949. The van der Waals surface area contributed by atoms with Gasteiger partial charge >= 0.3 is 6.03 Å². The predicted molar refractivity (Wildman–Crippen MR) is 206 cm³/mol. The van der Waals surface area contributed by atoms with Crippen molar-refractivity contribution in [3.63, 3.8) is 0 Å². The maximum Gasteiger partial charge on any atom is 0.318 e. The molecule has 294 valence electrons. The smallest absolute Gasteiger partial charge is 0.318 e. The van der Waals surface area contributed by atoms with Gasteiger partial charge < -0.3 is 49.7 Å². The Morgan fingerprint density at radius 3 is 2.49 bits per heavy atom. The molecule has 7 rings (SSSR count). The average molecular weight is 756 g/mol. The molecule has 12 nitrogen and oxygen atoms in total. The third-order valence-electron chi connectivity index (χ3n) is 11.5. The molecule has 1 saturated carbocycles. The SMILES string of the molecule is CCCN(C(=O)NCc1ccc2c(c1)OCO2)C1CC(=NOCc2ccccc2)C2=CC(CCCCO)C(CCCCO)C3c4cc(O)ccc4OC1(O)C23. The van der Waals surface area contributed by atoms with Gasteiger partial charge in [0.1, 0.15) is 24.1 Å². The van der Waals surface area contributed by atoms with Gasteiger partial charge in [-0.2, -0.15) is 0 Å². The summed E-state index contributed by atoms with van der Waals surface area (Å²) >= 11 is 0. The number of allylic oxidation sites excluding steroid dienone is 1. The lowest BCUT2D eigenvalue weighted by Crippen LogP contribution is -2.69. The normalized spacial score (nSPS) is 25.3. The van der Waals surface area contributed by atoms with Crippen molar-refractivity contribution in [2.75, 3.05) is 26.6 Å². The van der Waals surface area contributed by atoms with E-state index >= 15 is 0 Å². The third kappa shape index (κ3) is 8.13. The van der Waals surface area contributed by atoms with E-state index in [1.165, 1.54) is 0 Å². The zero-order valence-electron chi connectivity index (χ0n) is 31.4. The molecule has 0 bridgehead atoms. The van der Waals surface area contributed by atoms with Crippen molar-refractivity contribution < 1.29 is 44.3 Å². The molecule has 0 spiro atoms. The molecule has 0 radical (unpaired) electrons. The standard InChI is InChI=1S/C43H53N3O9/c1-2-18-46(42(50)44-25-29-14-16-37-38(21-29)53-27-52-37)39-24-35(45-54-26-28-10-4-3-5-11-28)33-22-30(12-6-8-19-47)32(13-7-9-20-48)40-34-23-31(49)15-17-36(34)55-43(39,51)41(33)40/h3-5,10-11,14-17,21-23,30,32,39-41,47-49,51H,2,6-9,12-13,18-20,24-27H2,1H3,(H,44,50). The Balaban J connectivity index is 1.30. The number of benzene rings is 3. The molecule has 6 unspecified atom stereocenters. The average Bonchev–Trinajstić information content (AvgIpc) is 3.67. The van der Waals surface area contributed by atoms with Crippen LogP contribution in [0.3, 0.4) is 0 Å². The summed E-state index contributed by atoms with van der Waals surface area (Å²) in [5.41, 5.74) is 4.04. The van der Waals surface area contributed by atoms with Gasteiger partial charge in [0.25, 0.3) is 0 Å². The largest absolute Gasteiger partial charge is 0.508 e. The number of aliphatic hydroxyl groups excluding tert-OH is 2. The second kappa shape index (κ2) is 17.3. The number of nitrogens with zero attached hydrogens (tertiary/aromatic N) is 2. The number of aliphatic hydroxyl groups is 3. The molecule has 5 N–H and O–H groups in total. The second-order valence-electron chi connectivity index (χ2n) is 15.0. The Bertz CT molecular complexity index is 1850. The van der Waals surface area contributed by atoms with E-state index in [0.29, 0.717) is 48.8 Å². The van der Waals surface area contributed by atoms with Gasteiger partial charge in [-0.15, -0.1) is 0 Å². The minimum absolute atomic E-state index is 0.000311. The fourth-order valence-corrected chi connectivity index (χ4v) is 9.01. The Morgan fingerprint density at radius 1 is 0.945 bits per heavy atom. The third-order valence-corrected chi connectivity index (χ3v) is 11.5. The fourth-order valence-electron chi connectivity index (χ4n) is 9.01. The lowest BCUT2D eigenvalue weighted by Gasteiger charge is -2.58. The number of nitrogens with one attached hydrogen (secondary N) is 1. The zero-order valence-corrected chi connectivity index (χ0v) is 31.4. The first kappa shape index (κ1) is 38.5. The summed E-state index contributed by atoms with van der Waals surface area (Å²) in [6.07, 6.45) is 7.45. The number of phenolic OH excluding ortho intramolecular Hbond substituents is 1. The topological polar surface area (TPSA) is 163 Å². The molecular weight excluding hydrogens is 702 g/mol. The molecule has 12 heteroatoms. The van der Waals surface area contributed by atoms with E-state index in [2.05, 4.69) is 11.4 Å². The fraction of sp³-hybridized carbons (Fsp3) is 0.488. The minimum atomic E-state index is -1.87. The maximum atomic E-state index is 14.4. The summed E-state index contributed by atoms with van der Waals surface area (Å²) < 4.78 is 17.7. The summed E-state index contributed by atoms with van der Waals surface area (Å²) in [6.45, 7) is 3.13. The Morgan fingerprint density at radius 2 is 1.71 bits per heavy atom. The summed E-state index contributed by atoms with van der Waals surface area (Å²) in [7, 11) is 0. The van der Waals surface area contributed by atoms with Crippen LogP contribution in [0.25, 0.3) is 0 Å². The molecule has 2 heterocycles. The first-order valence-corrected chi connectivity index (χ1v) is 19.7. The molecule has 6 atom stereocenters. The number of aromatic hydroxyl groups is 1. The van der Waals surface area contributed by atoms with Crippen molar-refractivity contribution >= 4 is 11.7 Å². The van der Waals surface area contributed by atoms with Gasteiger partial charge in [0.05, 0.1) is 11.6 Å². The molecule has 4 aliphatic rings. The monoisotopic (exact) mass is 755 g/mol. The molecule has 2 aliphatic carbocycles. The highest BCUT2D eigenvalue weighted by molar-refractivity contribution is 6.03. The van der Waals surface area contributed by atoms with Crippen molar-refractivity contribution in [3.8, 4) is 23.0 Å². The van der Waals surface area contributed by atoms with Crippen LogP contribution in [-0.2, 0) is 18.0 Å². The highest BCUT2D eigenvalue weighted by Gasteiger charge is 2.64. The van der Waals surface area contributed by atoms with Gasteiger partial charge in [-0.05, 0) is 91.0 Å². The van der Waals surface area contributed by atoms with Crippen LogP contribution in [0.5, 0.6) is 23.0 Å². The maximum absolute atomic E-state index is 14.4. The van der Waals surface area contributed by atoms with Crippen molar-refractivity contribution in [3.05, 3.63) is 95.1 Å². The van der Waals surface area contributed by atoms with E-state index in [1.54, 1.807) is 23.1 Å². The van der Waals surface area contributed by atoms with Gasteiger partial charge in [-0.25, -0.2) is 4.79 Å². The number of hydrogen-bond acceptors (Lipinski definition) is 10. The zero-order chi connectivity index (χ0) is 38.4. The molecule has 3 aromatic carbocycles. The van der Waals surface area contributed by atoms with Crippen LogP contribution >= 0.6 is 0 Å². The second-order valence-corrected chi connectivity index (χ2v) is 15.0. The van der Waals surface area contributed by atoms with Crippen LogP contribution in [0.1, 0.15) is 80.9 Å². The van der Waals surface area contributed by atoms with Crippen molar-refractivity contribution in [1.29, 1.82) is 0 Å².